The Morgan fingerprint density at radius 3 is 2.88 bits per heavy atom. The van der Waals surface area contributed by atoms with Gasteiger partial charge >= 0.3 is 0 Å². The standard InChI is InChI=1S/C20H26N2O3/c1-2-11-22(14-15-6-4-3-5-7-15)20(24)16-8-9-18-17(13-16)19(23)21-10-12-25-18/h2,8-9,13,15H,1,3-7,10-12,14H2,(H,21,23). The van der Waals surface area contributed by atoms with Crippen molar-refractivity contribution >= 4 is 11.8 Å². The summed E-state index contributed by atoms with van der Waals surface area (Å²) in [5.74, 6) is 0.856. The molecule has 1 fully saturated rings. The molecule has 0 aromatic heterocycles. The Kier molecular flexibility index (Phi) is 5.74. The average Bonchev–Trinajstić information content (AvgIpc) is 2.83. The highest BCUT2D eigenvalue weighted by Crippen LogP contribution is 2.26. The van der Waals surface area contributed by atoms with E-state index in [0.29, 0.717) is 42.5 Å². The lowest BCUT2D eigenvalue weighted by Crippen LogP contribution is -2.36. The molecule has 3 rings (SSSR count). The quantitative estimate of drug-likeness (QED) is 0.837. The van der Waals surface area contributed by atoms with E-state index in [1.54, 1.807) is 24.3 Å². The SMILES string of the molecule is C=CCN(CC1CCCCC1)C(=O)c1ccc2c(c1)C(=O)NCCO2. The molecule has 0 spiro atoms. The Morgan fingerprint density at radius 1 is 1.32 bits per heavy atom. The van der Waals surface area contributed by atoms with E-state index in [4.69, 9.17) is 4.74 Å². The molecule has 134 valence electrons. The number of amides is 2. The van der Waals surface area contributed by atoms with Crippen LogP contribution in [0.4, 0.5) is 0 Å². The zero-order valence-corrected chi connectivity index (χ0v) is 14.6. The van der Waals surface area contributed by atoms with Crippen LogP contribution >= 0.6 is 0 Å². The largest absolute Gasteiger partial charge is 0.491 e. The maximum atomic E-state index is 13.0. The van der Waals surface area contributed by atoms with Gasteiger partial charge in [-0.1, -0.05) is 25.3 Å². The summed E-state index contributed by atoms with van der Waals surface area (Å²) in [7, 11) is 0. The smallest absolute Gasteiger partial charge is 0.255 e. The van der Waals surface area contributed by atoms with Crippen LogP contribution in [0.5, 0.6) is 5.75 Å². The van der Waals surface area contributed by atoms with E-state index in [2.05, 4.69) is 11.9 Å². The topological polar surface area (TPSA) is 58.6 Å². The van der Waals surface area contributed by atoms with Gasteiger partial charge in [0.15, 0.2) is 0 Å². The first-order valence-electron chi connectivity index (χ1n) is 9.14. The zero-order valence-electron chi connectivity index (χ0n) is 14.6. The zero-order chi connectivity index (χ0) is 17.6. The Hall–Kier alpha value is -2.30. The van der Waals surface area contributed by atoms with Crippen LogP contribution < -0.4 is 10.1 Å². The molecule has 0 saturated heterocycles. The molecule has 1 saturated carbocycles. The molecule has 0 radical (unpaired) electrons. The number of fused-ring (bicyclic) bond motifs is 1. The van der Waals surface area contributed by atoms with Crippen molar-refractivity contribution in [3.05, 3.63) is 42.0 Å². The Labute approximate surface area is 149 Å². The highest BCUT2D eigenvalue weighted by Gasteiger charge is 2.23. The fourth-order valence-electron chi connectivity index (χ4n) is 3.65. The van der Waals surface area contributed by atoms with Gasteiger partial charge in [-0.2, -0.15) is 0 Å². The van der Waals surface area contributed by atoms with E-state index < -0.39 is 0 Å². The molecule has 25 heavy (non-hydrogen) atoms. The molecule has 1 heterocycles. The minimum absolute atomic E-state index is 0.0506. The van der Waals surface area contributed by atoms with Gasteiger partial charge in [-0.05, 0) is 37.0 Å². The van der Waals surface area contributed by atoms with E-state index in [-0.39, 0.29) is 11.8 Å². The van der Waals surface area contributed by atoms with E-state index in [9.17, 15) is 9.59 Å². The first-order valence-corrected chi connectivity index (χ1v) is 9.14. The second kappa shape index (κ2) is 8.19. The summed E-state index contributed by atoms with van der Waals surface area (Å²) in [5, 5.41) is 2.78. The summed E-state index contributed by atoms with van der Waals surface area (Å²) in [6.45, 7) is 5.98. The lowest BCUT2D eigenvalue weighted by atomic mass is 9.89. The number of carbonyl (C=O) groups is 2. The second-order valence-electron chi connectivity index (χ2n) is 6.82. The molecule has 5 nitrogen and oxygen atoms in total. The molecule has 2 aliphatic rings. The van der Waals surface area contributed by atoms with E-state index in [1.165, 1.54) is 32.1 Å². The lowest BCUT2D eigenvalue weighted by molar-refractivity contribution is 0.0735. The second-order valence-corrected chi connectivity index (χ2v) is 6.82. The van der Waals surface area contributed by atoms with Crippen LogP contribution in [0.25, 0.3) is 0 Å². The number of ether oxygens (including phenoxy) is 1. The number of carbonyl (C=O) groups excluding carboxylic acids is 2. The summed E-state index contributed by atoms with van der Waals surface area (Å²) in [6.07, 6.45) is 7.92. The molecule has 1 aromatic rings. The van der Waals surface area contributed by atoms with Gasteiger partial charge in [0.05, 0.1) is 12.1 Å². The van der Waals surface area contributed by atoms with Crippen molar-refractivity contribution in [2.24, 2.45) is 5.92 Å². The van der Waals surface area contributed by atoms with Crippen molar-refractivity contribution in [3.8, 4) is 5.75 Å². The van der Waals surface area contributed by atoms with Gasteiger partial charge < -0.3 is 15.0 Å². The molecule has 1 N–H and O–H groups in total. The predicted octanol–water partition coefficient (Wildman–Crippen LogP) is 3.02. The van der Waals surface area contributed by atoms with Crippen LogP contribution in [0.15, 0.2) is 30.9 Å². The summed E-state index contributed by atoms with van der Waals surface area (Å²) in [4.78, 5) is 27.0. The Bertz CT molecular complexity index is 650. The van der Waals surface area contributed by atoms with Crippen molar-refractivity contribution in [1.29, 1.82) is 0 Å². The van der Waals surface area contributed by atoms with Gasteiger partial charge in [0.1, 0.15) is 12.4 Å². The van der Waals surface area contributed by atoms with Gasteiger partial charge in [0.2, 0.25) is 0 Å². The first kappa shape index (κ1) is 17.5. The summed E-state index contributed by atoms with van der Waals surface area (Å²) < 4.78 is 5.56. The molecule has 1 aliphatic heterocycles. The van der Waals surface area contributed by atoms with Crippen molar-refractivity contribution < 1.29 is 14.3 Å². The average molecular weight is 342 g/mol. The Morgan fingerprint density at radius 2 is 2.12 bits per heavy atom. The fourth-order valence-corrected chi connectivity index (χ4v) is 3.65. The molecule has 5 heteroatoms. The molecular weight excluding hydrogens is 316 g/mol. The molecule has 1 aromatic carbocycles. The number of hydrogen-bond donors (Lipinski definition) is 1. The summed E-state index contributed by atoms with van der Waals surface area (Å²) >= 11 is 0. The highest BCUT2D eigenvalue weighted by molar-refractivity contribution is 6.01. The number of benzene rings is 1. The van der Waals surface area contributed by atoms with Crippen LogP contribution in [0.3, 0.4) is 0 Å². The van der Waals surface area contributed by atoms with Crippen LogP contribution in [-0.4, -0.2) is 43.0 Å². The van der Waals surface area contributed by atoms with Crippen molar-refractivity contribution in [2.75, 3.05) is 26.2 Å². The lowest BCUT2D eigenvalue weighted by Gasteiger charge is -2.29. The minimum atomic E-state index is -0.190. The maximum Gasteiger partial charge on any atom is 0.255 e. The molecule has 2 amide bonds. The molecule has 1 aliphatic carbocycles. The van der Waals surface area contributed by atoms with Gasteiger partial charge in [0.25, 0.3) is 11.8 Å². The summed E-state index contributed by atoms with van der Waals surface area (Å²) in [5.41, 5.74) is 0.955. The number of nitrogens with zero attached hydrogens (tertiary/aromatic N) is 1. The third-order valence-corrected chi connectivity index (χ3v) is 4.96. The molecule has 0 atom stereocenters. The van der Waals surface area contributed by atoms with Crippen LogP contribution in [0.1, 0.15) is 52.8 Å². The van der Waals surface area contributed by atoms with Gasteiger partial charge in [-0.3, -0.25) is 9.59 Å². The minimum Gasteiger partial charge on any atom is -0.491 e. The van der Waals surface area contributed by atoms with Crippen LogP contribution in [-0.2, 0) is 0 Å². The third-order valence-electron chi connectivity index (χ3n) is 4.96. The first-order chi connectivity index (χ1) is 12.2. The van der Waals surface area contributed by atoms with Crippen molar-refractivity contribution in [2.45, 2.75) is 32.1 Å². The normalized spacial score (nSPS) is 17.7. The van der Waals surface area contributed by atoms with E-state index >= 15 is 0 Å². The van der Waals surface area contributed by atoms with Crippen LogP contribution in [0.2, 0.25) is 0 Å². The van der Waals surface area contributed by atoms with Gasteiger partial charge in [-0.15, -0.1) is 6.58 Å². The fraction of sp³-hybridized carbons (Fsp3) is 0.500. The maximum absolute atomic E-state index is 13.0. The Balaban J connectivity index is 1.79. The van der Waals surface area contributed by atoms with Crippen molar-refractivity contribution in [1.82, 2.24) is 10.2 Å². The summed E-state index contributed by atoms with van der Waals surface area (Å²) in [6, 6.07) is 5.12. The number of hydrogen-bond acceptors (Lipinski definition) is 3. The van der Waals surface area contributed by atoms with Gasteiger partial charge in [0, 0.05) is 18.7 Å². The molecule has 0 unspecified atom stereocenters. The monoisotopic (exact) mass is 342 g/mol. The number of rotatable bonds is 5. The highest BCUT2D eigenvalue weighted by atomic mass is 16.5. The molecular formula is C20H26N2O3. The van der Waals surface area contributed by atoms with Crippen LogP contribution in [0, 0.1) is 5.92 Å². The predicted molar refractivity (Wildman–Crippen MR) is 96.9 cm³/mol. The molecule has 0 bridgehead atoms. The van der Waals surface area contributed by atoms with Gasteiger partial charge in [-0.25, -0.2) is 0 Å². The number of nitrogens with one attached hydrogen (secondary N) is 1. The van der Waals surface area contributed by atoms with E-state index in [0.717, 1.165) is 6.54 Å². The third kappa shape index (κ3) is 4.21. The van der Waals surface area contributed by atoms with Crippen molar-refractivity contribution in [3.63, 3.8) is 0 Å². The van der Waals surface area contributed by atoms with E-state index in [1.807, 2.05) is 4.90 Å².